The number of aryl methyl sites for hydroxylation is 2. The fourth-order valence-electron chi connectivity index (χ4n) is 6.84. The van der Waals surface area contributed by atoms with Gasteiger partial charge in [0.05, 0.1) is 0 Å². The van der Waals surface area contributed by atoms with Crippen LogP contribution in [-0.4, -0.2) is 11.1 Å². The zero-order valence-electron chi connectivity index (χ0n) is 17.2. The van der Waals surface area contributed by atoms with E-state index in [1.165, 1.54) is 44.1 Å². The summed E-state index contributed by atoms with van der Waals surface area (Å²) in [5, 5.41) is 13.9. The van der Waals surface area contributed by atoms with Gasteiger partial charge in [-0.3, -0.25) is 0 Å². The highest BCUT2D eigenvalue weighted by Crippen LogP contribution is 2.60. The van der Waals surface area contributed by atoms with Crippen molar-refractivity contribution in [1.29, 1.82) is 0 Å². The molecule has 0 spiro atoms. The van der Waals surface area contributed by atoms with Gasteiger partial charge in [0, 0.05) is 18.2 Å². The molecular weight excluding hydrogens is 342 g/mol. The molecule has 0 saturated heterocycles. The smallest absolute Gasteiger partial charge is 0.120 e. The van der Waals surface area contributed by atoms with Crippen molar-refractivity contribution in [3.63, 3.8) is 0 Å². The summed E-state index contributed by atoms with van der Waals surface area (Å²) >= 11 is 0. The minimum Gasteiger partial charge on any atom is -0.508 e. The van der Waals surface area contributed by atoms with Crippen LogP contribution in [0.25, 0.3) is 0 Å². The number of benzene rings is 2. The van der Waals surface area contributed by atoms with E-state index in [-0.39, 0.29) is 0 Å². The van der Waals surface area contributed by atoms with Crippen LogP contribution in [0.15, 0.2) is 42.5 Å². The van der Waals surface area contributed by atoms with E-state index in [1.54, 1.807) is 17.2 Å². The van der Waals surface area contributed by atoms with E-state index in [9.17, 15) is 5.11 Å². The lowest BCUT2D eigenvalue weighted by Crippen LogP contribution is -2.39. The fraction of sp³-hybridized carbons (Fsp3) is 0.538. The average Bonchev–Trinajstić information content (AvgIpc) is 3.03. The van der Waals surface area contributed by atoms with Gasteiger partial charge < -0.3 is 10.4 Å². The van der Waals surface area contributed by atoms with Gasteiger partial charge in [-0.2, -0.15) is 0 Å². The molecule has 28 heavy (non-hydrogen) atoms. The molecule has 2 aromatic rings. The molecule has 0 aromatic heterocycles. The second-order valence-corrected chi connectivity index (χ2v) is 9.96. The van der Waals surface area contributed by atoms with Crippen LogP contribution in [-0.2, 0) is 13.0 Å². The molecule has 0 amide bonds. The van der Waals surface area contributed by atoms with Gasteiger partial charge in [-0.15, -0.1) is 0 Å². The minimum absolute atomic E-state index is 0.413. The van der Waals surface area contributed by atoms with Crippen LogP contribution in [0.3, 0.4) is 0 Å². The molecule has 3 aliphatic rings. The molecule has 5 rings (SSSR count). The minimum atomic E-state index is 0.413. The van der Waals surface area contributed by atoms with Gasteiger partial charge in [-0.25, -0.2) is 0 Å². The van der Waals surface area contributed by atoms with Crippen molar-refractivity contribution in [3.05, 3.63) is 64.7 Å². The van der Waals surface area contributed by atoms with Crippen LogP contribution < -0.4 is 5.32 Å². The van der Waals surface area contributed by atoms with Crippen LogP contribution in [0, 0.1) is 24.2 Å². The standard InChI is InChI=1S/C26H33NO/c1-17-7-9-21-18(13-17)8-10-23-22(21)11-12-26(2)15-20(14-24(23)26)27-16-19-5-3-4-6-25(19)28/h3-7,9,13,20,22-24,27-28H,8,10-12,14-16H2,1-2H3/t20-,22?,23?,24?,26-/m1/s1. The Balaban J connectivity index is 1.32. The number of phenols is 1. The second-order valence-electron chi connectivity index (χ2n) is 9.96. The van der Waals surface area contributed by atoms with Gasteiger partial charge >= 0.3 is 0 Å². The molecule has 2 fully saturated rings. The molecule has 148 valence electrons. The van der Waals surface area contributed by atoms with Crippen LogP contribution >= 0.6 is 0 Å². The first-order chi connectivity index (χ1) is 13.5. The SMILES string of the molecule is Cc1ccc2c(c1)CCC1C2CC[C@]2(C)C[C@H](NCc3ccccc3O)CC12. The molecular formula is C26H33NO. The van der Waals surface area contributed by atoms with E-state index >= 15 is 0 Å². The summed E-state index contributed by atoms with van der Waals surface area (Å²) in [6.07, 6.45) is 7.94. The van der Waals surface area contributed by atoms with E-state index < -0.39 is 0 Å². The van der Waals surface area contributed by atoms with Crippen molar-refractivity contribution in [2.45, 2.75) is 70.9 Å². The van der Waals surface area contributed by atoms with Gasteiger partial charge in [0.2, 0.25) is 0 Å². The normalized spacial score (nSPS) is 33.8. The van der Waals surface area contributed by atoms with Crippen molar-refractivity contribution in [3.8, 4) is 5.75 Å². The van der Waals surface area contributed by atoms with Crippen molar-refractivity contribution in [2.24, 2.45) is 17.3 Å². The van der Waals surface area contributed by atoms with E-state index in [2.05, 4.69) is 37.4 Å². The maximum absolute atomic E-state index is 10.1. The summed E-state index contributed by atoms with van der Waals surface area (Å²) in [4.78, 5) is 0. The highest BCUT2D eigenvalue weighted by Gasteiger charge is 2.52. The molecule has 2 aromatic carbocycles. The molecule has 2 heteroatoms. The summed E-state index contributed by atoms with van der Waals surface area (Å²) in [6.45, 7) is 5.55. The van der Waals surface area contributed by atoms with Crippen molar-refractivity contribution >= 4 is 0 Å². The van der Waals surface area contributed by atoms with Crippen molar-refractivity contribution in [2.75, 3.05) is 0 Å². The molecule has 3 unspecified atom stereocenters. The third kappa shape index (κ3) is 3.06. The maximum Gasteiger partial charge on any atom is 0.120 e. The third-order valence-electron chi connectivity index (χ3n) is 8.22. The lowest BCUT2D eigenvalue weighted by Gasteiger charge is -2.49. The first kappa shape index (κ1) is 18.2. The molecule has 0 heterocycles. The monoisotopic (exact) mass is 375 g/mol. The summed E-state index contributed by atoms with van der Waals surface area (Å²) < 4.78 is 0. The van der Waals surface area contributed by atoms with Crippen molar-refractivity contribution < 1.29 is 5.11 Å². The highest BCUT2D eigenvalue weighted by atomic mass is 16.3. The van der Waals surface area contributed by atoms with Crippen LogP contribution in [0.5, 0.6) is 5.75 Å². The van der Waals surface area contributed by atoms with E-state index in [0.717, 1.165) is 29.9 Å². The largest absolute Gasteiger partial charge is 0.508 e. The fourth-order valence-corrected chi connectivity index (χ4v) is 6.84. The quantitative estimate of drug-likeness (QED) is 0.719. The van der Waals surface area contributed by atoms with Gasteiger partial charge in [0.25, 0.3) is 0 Å². The Bertz CT molecular complexity index is 874. The summed E-state index contributed by atoms with van der Waals surface area (Å²) in [5.74, 6) is 2.88. The molecule has 2 nitrogen and oxygen atoms in total. The molecule has 0 radical (unpaired) electrons. The number of fused-ring (bicyclic) bond motifs is 5. The molecule has 0 bridgehead atoms. The summed E-state index contributed by atoms with van der Waals surface area (Å²) in [7, 11) is 0. The lowest BCUT2D eigenvalue weighted by molar-refractivity contribution is 0.0598. The Labute approximate surface area is 169 Å². The van der Waals surface area contributed by atoms with E-state index in [0.29, 0.717) is 17.2 Å². The van der Waals surface area contributed by atoms with E-state index in [4.69, 9.17) is 0 Å². The summed E-state index contributed by atoms with van der Waals surface area (Å²) in [5.41, 5.74) is 6.20. The van der Waals surface area contributed by atoms with Crippen LogP contribution in [0.2, 0.25) is 0 Å². The molecule has 5 atom stereocenters. The van der Waals surface area contributed by atoms with Crippen LogP contribution in [0.1, 0.15) is 67.2 Å². The third-order valence-corrected chi connectivity index (χ3v) is 8.22. The Kier molecular flexibility index (Phi) is 4.50. The van der Waals surface area contributed by atoms with Crippen molar-refractivity contribution in [1.82, 2.24) is 5.32 Å². The van der Waals surface area contributed by atoms with E-state index in [1.807, 2.05) is 18.2 Å². The predicted molar refractivity (Wildman–Crippen MR) is 115 cm³/mol. The molecule has 2 N–H and O–H groups in total. The molecule has 3 aliphatic carbocycles. The number of phenolic OH excluding ortho intramolecular Hbond substituents is 1. The number of para-hydroxylation sites is 1. The Morgan fingerprint density at radius 3 is 2.86 bits per heavy atom. The molecule has 2 saturated carbocycles. The number of rotatable bonds is 3. The number of hydrogen-bond acceptors (Lipinski definition) is 2. The van der Waals surface area contributed by atoms with Gasteiger partial charge in [0.15, 0.2) is 0 Å². The topological polar surface area (TPSA) is 32.3 Å². The second kappa shape index (κ2) is 6.91. The zero-order chi connectivity index (χ0) is 19.3. The number of nitrogens with one attached hydrogen (secondary N) is 1. The zero-order valence-corrected chi connectivity index (χ0v) is 17.2. The summed E-state index contributed by atoms with van der Waals surface area (Å²) in [6, 6.07) is 15.5. The predicted octanol–water partition coefficient (Wildman–Crippen LogP) is 5.72. The first-order valence-corrected chi connectivity index (χ1v) is 11.1. The Morgan fingerprint density at radius 2 is 2.00 bits per heavy atom. The Morgan fingerprint density at radius 1 is 1.14 bits per heavy atom. The van der Waals surface area contributed by atoms with Gasteiger partial charge in [-0.1, -0.05) is 48.9 Å². The van der Waals surface area contributed by atoms with Gasteiger partial charge in [0.1, 0.15) is 5.75 Å². The van der Waals surface area contributed by atoms with Crippen LogP contribution in [0.4, 0.5) is 0 Å². The number of aromatic hydroxyl groups is 1. The first-order valence-electron chi connectivity index (χ1n) is 11.1. The number of hydrogen-bond donors (Lipinski definition) is 2. The maximum atomic E-state index is 10.1. The Hall–Kier alpha value is -1.80. The highest BCUT2D eigenvalue weighted by molar-refractivity contribution is 5.38. The molecule has 0 aliphatic heterocycles. The lowest BCUT2D eigenvalue weighted by atomic mass is 9.56. The average molecular weight is 376 g/mol. The van der Waals surface area contributed by atoms with Gasteiger partial charge in [-0.05, 0) is 85.8 Å².